The number of amides is 1. The minimum absolute atomic E-state index is 0.0345. The van der Waals surface area contributed by atoms with Gasteiger partial charge in [0.1, 0.15) is 0 Å². The van der Waals surface area contributed by atoms with E-state index in [9.17, 15) is 9.90 Å². The molecule has 1 fully saturated rings. The first-order valence-electron chi connectivity index (χ1n) is 11.1. The van der Waals surface area contributed by atoms with Crippen LogP contribution in [0.15, 0.2) is 52.7 Å². The number of carbonyl (C=O) groups is 1. The summed E-state index contributed by atoms with van der Waals surface area (Å²) in [7, 11) is 1.47. The SMILES string of the molecule is COc1cccc(C=NNC(=O)CSc2nnc(-c3ccc(Cl)cc3)n2C2CCCCC2)c1O. The van der Waals surface area contributed by atoms with Crippen LogP contribution in [0, 0.1) is 0 Å². The van der Waals surface area contributed by atoms with Crippen LogP contribution in [-0.2, 0) is 4.79 Å². The van der Waals surface area contributed by atoms with Crippen molar-refractivity contribution in [3.8, 4) is 22.9 Å². The third kappa shape index (κ3) is 5.71. The fraction of sp³-hybridized carbons (Fsp3) is 0.333. The molecule has 3 aromatic rings. The molecule has 2 N–H and O–H groups in total. The van der Waals surface area contributed by atoms with Crippen molar-refractivity contribution in [1.29, 1.82) is 0 Å². The average molecular weight is 500 g/mol. The second kappa shape index (κ2) is 11.4. The Balaban J connectivity index is 1.45. The summed E-state index contributed by atoms with van der Waals surface area (Å²) in [6.45, 7) is 0. The van der Waals surface area contributed by atoms with E-state index in [-0.39, 0.29) is 17.4 Å². The Labute approximate surface area is 207 Å². The molecule has 1 aromatic heterocycles. The number of hydrogen-bond donors (Lipinski definition) is 2. The van der Waals surface area contributed by atoms with Gasteiger partial charge in [0.15, 0.2) is 22.5 Å². The summed E-state index contributed by atoms with van der Waals surface area (Å²) in [6, 6.07) is 12.9. The number of halogens is 1. The Morgan fingerprint density at radius 2 is 2.00 bits per heavy atom. The topological polar surface area (TPSA) is 102 Å². The van der Waals surface area contributed by atoms with Crippen molar-refractivity contribution in [3.63, 3.8) is 0 Å². The number of phenolic OH excluding ortho intramolecular Hbond substituents is 1. The number of nitrogens with one attached hydrogen (secondary N) is 1. The third-order valence-corrected chi connectivity index (χ3v) is 6.88. The van der Waals surface area contributed by atoms with E-state index in [1.165, 1.54) is 44.3 Å². The van der Waals surface area contributed by atoms with Crippen molar-refractivity contribution >= 4 is 35.5 Å². The number of phenols is 1. The van der Waals surface area contributed by atoms with E-state index in [0.717, 1.165) is 24.2 Å². The summed E-state index contributed by atoms with van der Waals surface area (Å²) in [5.41, 5.74) is 3.88. The highest BCUT2D eigenvalue weighted by molar-refractivity contribution is 7.99. The quantitative estimate of drug-likeness (QED) is 0.255. The smallest absolute Gasteiger partial charge is 0.250 e. The molecular weight excluding hydrogens is 474 g/mol. The van der Waals surface area contributed by atoms with Gasteiger partial charge in [0.2, 0.25) is 0 Å². The Hall–Kier alpha value is -3.04. The van der Waals surface area contributed by atoms with E-state index in [4.69, 9.17) is 16.3 Å². The highest BCUT2D eigenvalue weighted by Gasteiger charge is 2.24. The average Bonchev–Trinajstić information content (AvgIpc) is 3.29. The maximum absolute atomic E-state index is 12.4. The number of para-hydroxylation sites is 1. The zero-order valence-electron chi connectivity index (χ0n) is 18.8. The van der Waals surface area contributed by atoms with Gasteiger partial charge in [0.25, 0.3) is 5.91 Å². The number of carbonyl (C=O) groups excluding carboxylic acids is 1. The van der Waals surface area contributed by atoms with Gasteiger partial charge in [-0.15, -0.1) is 10.2 Å². The van der Waals surface area contributed by atoms with Gasteiger partial charge >= 0.3 is 0 Å². The predicted molar refractivity (Wildman–Crippen MR) is 134 cm³/mol. The third-order valence-electron chi connectivity index (χ3n) is 5.68. The van der Waals surface area contributed by atoms with Crippen molar-refractivity contribution in [2.24, 2.45) is 5.10 Å². The molecule has 1 aliphatic rings. The van der Waals surface area contributed by atoms with Crippen molar-refractivity contribution < 1.29 is 14.6 Å². The lowest BCUT2D eigenvalue weighted by molar-refractivity contribution is -0.118. The number of hydrogen-bond acceptors (Lipinski definition) is 7. The number of aromatic hydroxyl groups is 1. The summed E-state index contributed by atoms with van der Waals surface area (Å²) in [6.07, 6.45) is 7.07. The maximum atomic E-state index is 12.4. The lowest BCUT2D eigenvalue weighted by Crippen LogP contribution is -2.20. The molecule has 0 spiro atoms. The second-order valence-electron chi connectivity index (χ2n) is 7.95. The first-order chi connectivity index (χ1) is 16.6. The molecule has 10 heteroatoms. The Bertz CT molecular complexity index is 1160. The molecule has 0 bridgehead atoms. The van der Waals surface area contributed by atoms with Gasteiger partial charge < -0.3 is 9.84 Å². The maximum Gasteiger partial charge on any atom is 0.250 e. The molecule has 0 aliphatic heterocycles. The standard InChI is InChI=1S/C24H26ClN5O3S/c1-33-20-9-5-6-17(22(20)32)14-26-27-21(31)15-34-24-29-28-23(16-10-12-18(25)13-11-16)30(24)19-7-3-2-4-8-19/h5-6,9-14,19,32H,2-4,7-8,15H2,1H3,(H,27,31). The first-order valence-corrected chi connectivity index (χ1v) is 12.4. The minimum atomic E-state index is -0.283. The molecule has 0 unspecified atom stereocenters. The fourth-order valence-electron chi connectivity index (χ4n) is 3.98. The van der Waals surface area contributed by atoms with E-state index < -0.39 is 0 Å². The number of hydrazone groups is 1. The van der Waals surface area contributed by atoms with Crippen LogP contribution in [0.25, 0.3) is 11.4 Å². The molecule has 0 atom stereocenters. The van der Waals surface area contributed by atoms with Crippen LogP contribution in [0.3, 0.4) is 0 Å². The summed E-state index contributed by atoms with van der Waals surface area (Å²) >= 11 is 7.39. The number of aromatic nitrogens is 3. The van der Waals surface area contributed by atoms with E-state index in [1.54, 1.807) is 18.2 Å². The van der Waals surface area contributed by atoms with E-state index in [2.05, 4.69) is 25.3 Å². The molecule has 178 valence electrons. The number of benzene rings is 2. The zero-order chi connectivity index (χ0) is 23.9. The number of methoxy groups -OCH3 is 1. The number of thioether (sulfide) groups is 1. The van der Waals surface area contributed by atoms with Crippen LogP contribution in [0.4, 0.5) is 0 Å². The molecule has 8 nitrogen and oxygen atoms in total. The molecule has 1 heterocycles. The highest BCUT2D eigenvalue weighted by Crippen LogP contribution is 2.35. The van der Waals surface area contributed by atoms with Gasteiger partial charge in [-0.3, -0.25) is 9.36 Å². The van der Waals surface area contributed by atoms with Crippen molar-refractivity contribution in [1.82, 2.24) is 20.2 Å². The van der Waals surface area contributed by atoms with Crippen LogP contribution in [0.2, 0.25) is 5.02 Å². The molecule has 2 aromatic carbocycles. The van der Waals surface area contributed by atoms with Gasteiger partial charge in [-0.2, -0.15) is 5.10 Å². The van der Waals surface area contributed by atoms with Crippen molar-refractivity contribution in [2.45, 2.75) is 43.3 Å². The number of ether oxygens (including phenoxy) is 1. The van der Waals surface area contributed by atoms with Gasteiger partial charge in [-0.1, -0.05) is 48.7 Å². The molecule has 34 heavy (non-hydrogen) atoms. The van der Waals surface area contributed by atoms with E-state index in [0.29, 0.717) is 27.5 Å². The van der Waals surface area contributed by atoms with Crippen LogP contribution in [-0.4, -0.2) is 44.9 Å². The summed E-state index contributed by atoms with van der Waals surface area (Å²) in [4.78, 5) is 12.4. The second-order valence-corrected chi connectivity index (χ2v) is 9.33. The lowest BCUT2D eigenvalue weighted by atomic mass is 9.95. The molecule has 4 rings (SSSR count). The molecular formula is C24H26ClN5O3S. The van der Waals surface area contributed by atoms with E-state index in [1.807, 2.05) is 24.3 Å². The summed E-state index contributed by atoms with van der Waals surface area (Å²) in [5.74, 6) is 0.942. The summed E-state index contributed by atoms with van der Waals surface area (Å²) in [5, 5.41) is 24.3. The first kappa shape index (κ1) is 24.1. The molecule has 0 saturated heterocycles. The number of rotatable bonds is 8. The van der Waals surface area contributed by atoms with Crippen molar-refractivity contribution in [2.75, 3.05) is 12.9 Å². The van der Waals surface area contributed by atoms with Gasteiger partial charge in [0, 0.05) is 22.2 Å². The molecule has 0 radical (unpaired) electrons. The van der Waals surface area contributed by atoms with E-state index >= 15 is 0 Å². The Morgan fingerprint density at radius 1 is 1.24 bits per heavy atom. The highest BCUT2D eigenvalue weighted by atomic mass is 35.5. The normalized spacial score (nSPS) is 14.4. The van der Waals surface area contributed by atoms with Crippen LogP contribution < -0.4 is 10.2 Å². The van der Waals surface area contributed by atoms with Crippen LogP contribution >= 0.6 is 23.4 Å². The molecule has 1 saturated carbocycles. The Kier molecular flexibility index (Phi) is 8.08. The largest absolute Gasteiger partial charge is 0.504 e. The Morgan fingerprint density at radius 3 is 2.74 bits per heavy atom. The monoisotopic (exact) mass is 499 g/mol. The van der Waals surface area contributed by atoms with Gasteiger partial charge in [0.05, 0.1) is 19.1 Å². The zero-order valence-corrected chi connectivity index (χ0v) is 20.3. The fourth-order valence-corrected chi connectivity index (χ4v) is 4.91. The summed E-state index contributed by atoms with van der Waals surface area (Å²) < 4.78 is 7.24. The van der Waals surface area contributed by atoms with Crippen LogP contribution in [0.1, 0.15) is 43.7 Å². The molecule has 1 aliphatic carbocycles. The van der Waals surface area contributed by atoms with Gasteiger partial charge in [-0.25, -0.2) is 5.43 Å². The van der Waals surface area contributed by atoms with Gasteiger partial charge in [-0.05, 0) is 49.2 Å². The van der Waals surface area contributed by atoms with Crippen LogP contribution in [0.5, 0.6) is 11.5 Å². The van der Waals surface area contributed by atoms with Crippen molar-refractivity contribution in [3.05, 3.63) is 53.1 Å². The minimum Gasteiger partial charge on any atom is -0.504 e. The molecule has 1 amide bonds. The number of nitrogens with zero attached hydrogens (tertiary/aromatic N) is 4. The predicted octanol–water partition coefficient (Wildman–Crippen LogP) is 5.06. The lowest BCUT2D eigenvalue weighted by Gasteiger charge is -2.25.